The Morgan fingerprint density at radius 2 is 1.97 bits per heavy atom. The van der Waals surface area contributed by atoms with Crippen LogP contribution in [-0.2, 0) is 30.7 Å². The fraction of sp³-hybridized carbons (Fsp3) is 0.429. The SMILES string of the molecule is Cc1ccc(Cc2sc(NC(=O)Cn3nc4n(c3=O)CCCCC4)nc2C)cc1. The lowest BCUT2D eigenvalue weighted by Crippen LogP contribution is -2.30. The summed E-state index contributed by atoms with van der Waals surface area (Å²) in [7, 11) is 0. The Bertz CT molecular complexity index is 1080. The van der Waals surface area contributed by atoms with Crippen molar-refractivity contribution in [3.8, 4) is 0 Å². The number of carbonyl (C=O) groups is 1. The summed E-state index contributed by atoms with van der Waals surface area (Å²) in [5.41, 5.74) is 3.16. The van der Waals surface area contributed by atoms with Crippen LogP contribution in [0, 0.1) is 13.8 Å². The largest absolute Gasteiger partial charge is 0.346 e. The summed E-state index contributed by atoms with van der Waals surface area (Å²) in [4.78, 5) is 30.6. The lowest BCUT2D eigenvalue weighted by Gasteiger charge is -2.01. The number of benzene rings is 1. The molecule has 0 bridgehead atoms. The molecule has 0 saturated heterocycles. The molecule has 7 nitrogen and oxygen atoms in total. The van der Waals surface area contributed by atoms with Gasteiger partial charge >= 0.3 is 5.69 Å². The van der Waals surface area contributed by atoms with Crippen LogP contribution >= 0.6 is 11.3 Å². The Kier molecular flexibility index (Phi) is 5.62. The highest BCUT2D eigenvalue weighted by Crippen LogP contribution is 2.25. The predicted octanol–water partition coefficient (Wildman–Crippen LogP) is 3.07. The van der Waals surface area contributed by atoms with Crippen LogP contribution in [0.15, 0.2) is 29.1 Å². The molecular formula is C21H25N5O2S. The standard InChI is InChI=1S/C21H25N5O2S/c1-14-7-9-16(10-8-14)12-17-15(2)22-20(29-17)23-19(27)13-26-21(28)25-11-5-3-4-6-18(25)24-26/h7-10H,3-6,11-13H2,1-2H3,(H,22,23,27). The van der Waals surface area contributed by atoms with Crippen molar-refractivity contribution in [2.45, 2.75) is 59.0 Å². The zero-order valence-electron chi connectivity index (χ0n) is 16.8. The van der Waals surface area contributed by atoms with Gasteiger partial charge in [0.1, 0.15) is 12.4 Å². The van der Waals surface area contributed by atoms with Gasteiger partial charge in [0.15, 0.2) is 5.13 Å². The number of hydrogen-bond donors (Lipinski definition) is 1. The molecule has 0 unspecified atom stereocenters. The molecule has 0 atom stereocenters. The van der Waals surface area contributed by atoms with E-state index in [0.717, 1.165) is 48.5 Å². The van der Waals surface area contributed by atoms with Gasteiger partial charge in [-0.05, 0) is 32.3 Å². The maximum Gasteiger partial charge on any atom is 0.346 e. The monoisotopic (exact) mass is 411 g/mol. The van der Waals surface area contributed by atoms with Crippen molar-refractivity contribution in [2.75, 3.05) is 5.32 Å². The van der Waals surface area contributed by atoms with E-state index >= 15 is 0 Å². The number of nitrogens with one attached hydrogen (secondary N) is 1. The van der Waals surface area contributed by atoms with Crippen LogP contribution in [0.3, 0.4) is 0 Å². The van der Waals surface area contributed by atoms with E-state index in [9.17, 15) is 9.59 Å². The molecule has 1 aliphatic rings. The van der Waals surface area contributed by atoms with Gasteiger partial charge in [0.2, 0.25) is 5.91 Å². The molecule has 0 fully saturated rings. The van der Waals surface area contributed by atoms with Crippen LogP contribution in [0.2, 0.25) is 0 Å². The van der Waals surface area contributed by atoms with Crippen molar-refractivity contribution < 1.29 is 4.79 Å². The zero-order valence-corrected chi connectivity index (χ0v) is 17.6. The van der Waals surface area contributed by atoms with E-state index in [1.165, 1.54) is 27.1 Å². The second-order valence-electron chi connectivity index (χ2n) is 7.56. The van der Waals surface area contributed by atoms with E-state index < -0.39 is 0 Å². The molecule has 0 aliphatic carbocycles. The van der Waals surface area contributed by atoms with Gasteiger partial charge in [0, 0.05) is 24.3 Å². The third kappa shape index (κ3) is 4.48. The van der Waals surface area contributed by atoms with Crippen LogP contribution in [0.1, 0.15) is 46.8 Å². The Hall–Kier alpha value is -2.74. The van der Waals surface area contributed by atoms with E-state index in [2.05, 4.69) is 46.6 Å². The van der Waals surface area contributed by atoms with E-state index in [-0.39, 0.29) is 18.1 Å². The van der Waals surface area contributed by atoms with Crippen molar-refractivity contribution in [3.63, 3.8) is 0 Å². The van der Waals surface area contributed by atoms with Gasteiger partial charge in [-0.25, -0.2) is 14.5 Å². The number of fused-ring (bicyclic) bond motifs is 1. The number of aromatic nitrogens is 4. The van der Waals surface area contributed by atoms with Crippen LogP contribution in [-0.4, -0.2) is 25.2 Å². The van der Waals surface area contributed by atoms with Crippen molar-refractivity contribution >= 4 is 22.4 Å². The molecule has 1 aliphatic heterocycles. The Balaban J connectivity index is 1.43. The summed E-state index contributed by atoms with van der Waals surface area (Å²) in [6.07, 6.45) is 4.69. The van der Waals surface area contributed by atoms with Gasteiger partial charge in [-0.1, -0.05) is 36.2 Å². The predicted molar refractivity (Wildman–Crippen MR) is 114 cm³/mol. The van der Waals surface area contributed by atoms with Gasteiger partial charge in [0.05, 0.1) is 5.69 Å². The topological polar surface area (TPSA) is 81.8 Å². The number of carbonyl (C=O) groups excluding carboxylic acids is 1. The Morgan fingerprint density at radius 3 is 2.76 bits per heavy atom. The molecule has 152 valence electrons. The van der Waals surface area contributed by atoms with Crippen molar-refractivity contribution in [1.29, 1.82) is 0 Å². The first-order valence-electron chi connectivity index (χ1n) is 9.98. The summed E-state index contributed by atoms with van der Waals surface area (Å²) in [6.45, 7) is 4.61. The molecule has 1 aromatic carbocycles. The van der Waals surface area contributed by atoms with Crippen molar-refractivity contribution in [1.82, 2.24) is 19.3 Å². The van der Waals surface area contributed by atoms with E-state index in [1.807, 2.05) is 6.92 Å². The average Bonchev–Trinajstić information content (AvgIpc) is 3.05. The number of nitrogens with zero attached hydrogens (tertiary/aromatic N) is 4. The minimum absolute atomic E-state index is 0.0925. The Morgan fingerprint density at radius 1 is 1.17 bits per heavy atom. The van der Waals surface area contributed by atoms with Crippen LogP contribution in [0.25, 0.3) is 0 Å². The third-order valence-corrected chi connectivity index (χ3v) is 6.27. The van der Waals surface area contributed by atoms with Gasteiger partial charge < -0.3 is 5.32 Å². The molecule has 8 heteroatoms. The molecule has 0 saturated carbocycles. The highest BCUT2D eigenvalue weighted by atomic mass is 32.1. The third-order valence-electron chi connectivity index (χ3n) is 5.20. The van der Waals surface area contributed by atoms with Gasteiger partial charge in [-0.15, -0.1) is 11.3 Å². The normalized spacial score (nSPS) is 13.7. The Labute approximate surface area is 173 Å². The second-order valence-corrected chi connectivity index (χ2v) is 8.64. The first-order valence-corrected chi connectivity index (χ1v) is 10.8. The zero-order chi connectivity index (χ0) is 20.4. The number of amides is 1. The van der Waals surface area contributed by atoms with Gasteiger partial charge in [0.25, 0.3) is 0 Å². The van der Waals surface area contributed by atoms with E-state index in [4.69, 9.17) is 0 Å². The molecular weight excluding hydrogens is 386 g/mol. The quantitative estimate of drug-likeness (QED) is 0.700. The number of hydrogen-bond acceptors (Lipinski definition) is 5. The lowest BCUT2D eigenvalue weighted by molar-refractivity contribution is -0.117. The van der Waals surface area contributed by atoms with Crippen LogP contribution in [0.5, 0.6) is 0 Å². The molecule has 0 radical (unpaired) electrons. The molecule has 0 spiro atoms. The van der Waals surface area contributed by atoms with Crippen LogP contribution < -0.4 is 11.0 Å². The fourth-order valence-electron chi connectivity index (χ4n) is 3.56. The van der Waals surface area contributed by atoms with Gasteiger partial charge in [-0.3, -0.25) is 9.36 Å². The summed E-state index contributed by atoms with van der Waals surface area (Å²) in [5.74, 6) is 0.502. The highest BCUT2D eigenvalue weighted by Gasteiger charge is 2.18. The first-order chi connectivity index (χ1) is 14.0. The van der Waals surface area contributed by atoms with E-state index in [1.54, 1.807) is 4.57 Å². The minimum atomic E-state index is -0.281. The summed E-state index contributed by atoms with van der Waals surface area (Å²) in [6, 6.07) is 8.42. The molecule has 3 aromatic rings. The van der Waals surface area contributed by atoms with Crippen LogP contribution in [0.4, 0.5) is 5.13 Å². The lowest BCUT2D eigenvalue weighted by atomic mass is 10.1. The molecule has 1 amide bonds. The average molecular weight is 412 g/mol. The first kappa shape index (κ1) is 19.6. The number of aryl methyl sites for hydroxylation is 3. The number of thiazole rings is 1. The second kappa shape index (κ2) is 8.32. The molecule has 1 N–H and O–H groups in total. The molecule has 3 heterocycles. The summed E-state index contributed by atoms with van der Waals surface area (Å²) >= 11 is 1.48. The fourth-order valence-corrected chi connectivity index (χ4v) is 4.57. The highest BCUT2D eigenvalue weighted by molar-refractivity contribution is 7.15. The van der Waals surface area contributed by atoms with Gasteiger partial charge in [-0.2, -0.15) is 5.10 Å². The smallest absolute Gasteiger partial charge is 0.300 e. The number of anilines is 1. The van der Waals surface area contributed by atoms with E-state index in [0.29, 0.717) is 11.7 Å². The number of rotatable bonds is 5. The minimum Gasteiger partial charge on any atom is -0.300 e. The summed E-state index contributed by atoms with van der Waals surface area (Å²) < 4.78 is 2.97. The summed E-state index contributed by atoms with van der Waals surface area (Å²) in [5, 5.41) is 7.75. The molecule has 4 rings (SSSR count). The van der Waals surface area contributed by atoms with Crippen molar-refractivity contribution in [2.24, 2.45) is 0 Å². The maximum atomic E-state index is 12.5. The maximum absolute atomic E-state index is 12.5. The molecule has 29 heavy (non-hydrogen) atoms. The molecule has 2 aromatic heterocycles. The van der Waals surface area contributed by atoms with Crippen molar-refractivity contribution in [3.05, 3.63) is 62.3 Å².